The Kier molecular flexibility index (Phi) is 3.15. The van der Waals surface area contributed by atoms with Gasteiger partial charge in [0.15, 0.2) is 0 Å². The topological polar surface area (TPSA) is 36.4 Å². The Morgan fingerprint density at radius 1 is 1.79 bits per heavy atom. The zero-order valence-electron chi connectivity index (χ0n) is 8.39. The predicted octanol–water partition coefficient (Wildman–Crippen LogP) is 1.52. The number of hydrogen-bond acceptors (Lipinski definition) is 4. The van der Waals surface area contributed by atoms with E-state index in [2.05, 4.69) is 16.8 Å². The van der Waals surface area contributed by atoms with Crippen LogP contribution in [0.15, 0.2) is 11.6 Å². The van der Waals surface area contributed by atoms with Crippen molar-refractivity contribution < 1.29 is 5.11 Å². The van der Waals surface area contributed by atoms with Crippen molar-refractivity contribution in [2.45, 2.75) is 19.4 Å². The van der Waals surface area contributed by atoms with Gasteiger partial charge in [0, 0.05) is 24.7 Å². The van der Waals surface area contributed by atoms with Crippen molar-refractivity contribution in [1.29, 1.82) is 0 Å². The molecule has 4 heteroatoms. The number of aromatic nitrogens is 1. The molecule has 0 spiro atoms. The van der Waals surface area contributed by atoms with Crippen LogP contribution in [0.25, 0.3) is 0 Å². The maximum atomic E-state index is 9.06. The number of nitrogens with zero attached hydrogens (tertiary/aromatic N) is 2. The molecule has 0 saturated carbocycles. The molecule has 0 aromatic carbocycles. The van der Waals surface area contributed by atoms with Crippen LogP contribution >= 0.6 is 11.3 Å². The summed E-state index contributed by atoms with van der Waals surface area (Å²) in [6.45, 7) is 4.61. The number of aliphatic hydroxyl groups is 1. The molecule has 2 atom stereocenters. The Hall–Kier alpha value is -0.450. The number of hydrogen-bond donors (Lipinski definition) is 1. The average molecular weight is 212 g/mol. The summed E-state index contributed by atoms with van der Waals surface area (Å²) in [6.07, 6.45) is 2.97. The Morgan fingerprint density at radius 2 is 2.64 bits per heavy atom. The van der Waals surface area contributed by atoms with Crippen LogP contribution in [0.4, 0.5) is 0 Å². The maximum Gasteiger partial charge on any atom is 0.109 e. The number of rotatable bonds is 3. The second kappa shape index (κ2) is 4.38. The van der Waals surface area contributed by atoms with Gasteiger partial charge in [-0.25, -0.2) is 4.98 Å². The van der Waals surface area contributed by atoms with Crippen LogP contribution in [0.2, 0.25) is 0 Å². The lowest BCUT2D eigenvalue weighted by Crippen LogP contribution is -2.24. The fourth-order valence-corrected chi connectivity index (χ4v) is 2.69. The highest BCUT2D eigenvalue weighted by molar-refractivity contribution is 7.09. The molecular weight excluding hydrogens is 196 g/mol. The first-order chi connectivity index (χ1) is 6.81. The van der Waals surface area contributed by atoms with E-state index in [-0.39, 0.29) is 0 Å². The molecule has 2 rings (SSSR count). The summed E-state index contributed by atoms with van der Waals surface area (Å²) >= 11 is 1.71. The lowest BCUT2D eigenvalue weighted by atomic mass is 10.1. The molecule has 0 unspecified atom stereocenters. The molecule has 1 aromatic heterocycles. The monoisotopic (exact) mass is 212 g/mol. The smallest absolute Gasteiger partial charge is 0.109 e. The molecule has 0 amide bonds. The molecule has 1 fully saturated rings. The molecular formula is C10H16N2OS. The minimum Gasteiger partial charge on any atom is -0.396 e. The highest BCUT2D eigenvalue weighted by Gasteiger charge is 2.27. The van der Waals surface area contributed by atoms with Gasteiger partial charge in [-0.2, -0.15) is 0 Å². The van der Waals surface area contributed by atoms with E-state index in [0.29, 0.717) is 18.6 Å². The quantitative estimate of drug-likeness (QED) is 0.825. The van der Waals surface area contributed by atoms with E-state index in [1.165, 1.54) is 5.01 Å². The van der Waals surface area contributed by atoms with E-state index in [9.17, 15) is 0 Å². The van der Waals surface area contributed by atoms with Crippen molar-refractivity contribution in [1.82, 2.24) is 9.88 Å². The Labute approximate surface area is 88.4 Å². The molecule has 0 aliphatic carbocycles. The number of thiazole rings is 1. The van der Waals surface area contributed by atoms with Gasteiger partial charge < -0.3 is 5.11 Å². The van der Waals surface area contributed by atoms with E-state index in [0.717, 1.165) is 19.5 Å². The Bertz CT molecular complexity index is 276. The third kappa shape index (κ3) is 1.97. The van der Waals surface area contributed by atoms with Gasteiger partial charge in [-0.05, 0) is 25.8 Å². The molecule has 0 radical (unpaired) electrons. The summed E-state index contributed by atoms with van der Waals surface area (Å²) < 4.78 is 0. The van der Waals surface area contributed by atoms with E-state index >= 15 is 0 Å². The van der Waals surface area contributed by atoms with E-state index < -0.39 is 0 Å². The molecule has 1 aliphatic rings. The minimum absolute atomic E-state index is 0.321. The summed E-state index contributed by atoms with van der Waals surface area (Å²) in [5.74, 6) is 0.470. The second-order valence-corrected chi connectivity index (χ2v) is 4.80. The highest BCUT2D eigenvalue weighted by Crippen LogP contribution is 2.27. The van der Waals surface area contributed by atoms with Crippen molar-refractivity contribution in [3.63, 3.8) is 0 Å². The Morgan fingerprint density at radius 3 is 3.21 bits per heavy atom. The van der Waals surface area contributed by atoms with Crippen LogP contribution in [0.3, 0.4) is 0 Å². The molecule has 1 saturated heterocycles. The standard InChI is InChI=1S/C10H16N2OS/c1-8(10-11-3-5-14-10)12-4-2-9(6-12)7-13/h3,5,8-9,13H,2,4,6-7H2,1H3/t8-,9-/m0/s1. The van der Waals surface area contributed by atoms with Crippen molar-refractivity contribution in [3.05, 3.63) is 16.6 Å². The van der Waals surface area contributed by atoms with Gasteiger partial charge in [-0.15, -0.1) is 11.3 Å². The van der Waals surface area contributed by atoms with E-state index in [1.807, 2.05) is 11.6 Å². The fourth-order valence-electron chi connectivity index (χ4n) is 1.96. The van der Waals surface area contributed by atoms with Crippen molar-refractivity contribution >= 4 is 11.3 Å². The SMILES string of the molecule is C[C@@H](c1nccs1)N1CC[C@H](CO)C1. The van der Waals surface area contributed by atoms with Crippen LogP contribution in [0.1, 0.15) is 24.4 Å². The number of likely N-dealkylation sites (tertiary alicyclic amines) is 1. The normalized spacial score (nSPS) is 25.4. The molecule has 14 heavy (non-hydrogen) atoms. The first-order valence-corrected chi connectivity index (χ1v) is 5.93. The summed E-state index contributed by atoms with van der Waals surface area (Å²) in [6, 6.07) is 0.409. The fraction of sp³-hybridized carbons (Fsp3) is 0.700. The van der Waals surface area contributed by atoms with E-state index in [1.54, 1.807) is 11.3 Å². The highest BCUT2D eigenvalue weighted by atomic mass is 32.1. The lowest BCUT2D eigenvalue weighted by Gasteiger charge is -2.22. The summed E-state index contributed by atoms with van der Waals surface area (Å²) in [4.78, 5) is 6.73. The van der Waals surface area contributed by atoms with Gasteiger partial charge in [0.1, 0.15) is 5.01 Å². The third-order valence-electron chi connectivity index (χ3n) is 2.93. The van der Waals surface area contributed by atoms with Crippen molar-refractivity contribution in [2.75, 3.05) is 19.7 Å². The summed E-state index contributed by atoms with van der Waals surface area (Å²) in [5, 5.41) is 12.3. The second-order valence-electron chi connectivity index (χ2n) is 3.88. The van der Waals surface area contributed by atoms with E-state index in [4.69, 9.17) is 5.11 Å². The molecule has 1 aromatic rings. The molecule has 1 aliphatic heterocycles. The van der Waals surface area contributed by atoms with Gasteiger partial charge >= 0.3 is 0 Å². The third-order valence-corrected chi connectivity index (χ3v) is 3.88. The predicted molar refractivity (Wildman–Crippen MR) is 57.3 cm³/mol. The molecule has 0 bridgehead atoms. The molecule has 3 nitrogen and oxygen atoms in total. The van der Waals surface area contributed by atoms with Crippen molar-refractivity contribution in [3.8, 4) is 0 Å². The van der Waals surface area contributed by atoms with Crippen LogP contribution in [-0.2, 0) is 0 Å². The molecule has 1 N–H and O–H groups in total. The van der Waals surface area contributed by atoms with Crippen LogP contribution in [-0.4, -0.2) is 34.7 Å². The minimum atomic E-state index is 0.321. The summed E-state index contributed by atoms with van der Waals surface area (Å²) in [7, 11) is 0. The first-order valence-electron chi connectivity index (χ1n) is 5.05. The molecule has 2 heterocycles. The number of aliphatic hydroxyl groups excluding tert-OH is 1. The first kappa shape index (κ1) is 10.1. The summed E-state index contributed by atoms with van der Waals surface area (Å²) in [5.41, 5.74) is 0. The zero-order valence-corrected chi connectivity index (χ0v) is 9.20. The van der Waals surface area contributed by atoms with Gasteiger partial charge in [-0.3, -0.25) is 4.90 Å². The van der Waals surface area contributed by atoms with Gasteiger partial charge in [-0.1, -0.05) is 0 Å². The largest absolute Gasteiger partial charge is 0.396 e. The average Bonchev–Trinajstić information content (AvgIpc) is 2.88. The van der Waals surface area contributed by atoms with Gasteiger partial charge in [0.05, 0.1) is 6.04 Å². The van der Waals surface area contributed by atoms with Crippen LogP contribution in [0, 0.1) is 5.92 Å². The molecule has 78 valence electrons. The lowest BCUT2D eigenvalue weighted by molar-refractivity contribution is 0.204. The van der Waals surface area contributed by atoms with Crippen LogP contribution in [0.5, 0.6) is 0 Å². The van der Waals surface area contributed by atoms with Crippen molar-refractivity contribution in [2.24, 2.45) is 5.92 Å². The Balaban J connectivity index is 1.97. The van der Waals surface area contributed by atoms with Gasteiger partial charge in [0.2, 0.25) is 0 Å². The van der Waals surface area contributed by atoms with Crippen LogP contribution < -0.4 is 0 Å². The zero-order chi connectivity index (χ0) is 9.97. The maximum absolute atomic E-state index is 9.06. The van der Waals surface area contributed by atoms with Gasteiger partial charge in [0.25, 0.3) is 0 Å².